The van der Waals surface area contributed by atoms with E-state index in [1.807, 2.05) is 31.2 Å². The van der Waals surface area contributed by atoms with E-state index in [0.29, 0.717) is 30.1 Å². The maximum atomic E-state index is 13.3. The van der Waals surface area contributed by atoms with Gasteiger partial charge in [-0.05, 0) is 44.0 Å². The van der Waals surface area contributed by atoms with Crippen molar-refractivity contribution in [2.75, 3.05) is 31.5 Å². The Bertz CT molecular complexity index is 1210. The van der Waals surface area contributed by atoms with Crippen LogP contribution in [0.2, 0.25) is 0 Å². The topological polar surface area (TPSA) is 96.0 Å². The van der Waals surface area contributed by atoms with Crippen molar-refractivity contribution in [1.82, 2.24) is 9.21 Å². The van der Waals surface area contributed by atoms with Gasteiger partial charge in [-0.15, -0.1) is 0 Å². The first-order valence-electron chi connectivity index (χ1n) is 10.8. The van der Waals surface area contributed by atoms with Crippen LogP contribution in [0.5, 0.6) is 5.75 Å². The molecule has 4 rings (SSSR count). The number of fused-ring (bicyclic) bond motifs is 1. The SMILES string of the molecule is Cc1ccc(/C=C/C(=O)N2CCN(S(=O)(=O)c3cc4c(cc3C)NC(=O)[C@@H](C)O4)CC2)cc1. The minimum Gasteiger partial charge on any atom is -0.479 e. The van der Waals surface area contributed by atoms with Crippen molar-refractivity contribution in [3.8, 4) is 5.75 Å². The van der Waals surface area contributed by atoms with Gasteiger partial charge in [0.1, 0.15) is 5.75 Å². The smallest absolute Gasteiger partial charge is 0.265 e. The fourth-order valence-corrected chi connectivity index (χ4v) is 5.50. The largest absolute Gasteiger partial charge is 0.479 e. The molecule has 0 saturated carbocycles. The number of anilines is 1. The van der Waals surface area contributed by atoms with E-state index in [4.69, 9.17) is 4.74 Å². The number of nitrogens with one attached hydrogen (secondary N) is 1. The van der Waals surface area contributed by atoms with Gasteiger partial charge in [0.05, 0.1) is 10.6 Å². The summed E-state index contributed by atoms with van der Waals surface area (Å²) in [5.41, 5.74) is 3.07. The summed E-state index contributed by atoms with van der Waals surface area (Å²) in [6, 6.07) is 10.9. The van der Waals surface area contributed by atoms with E-state index in [9.17, 15) is 18.0 Å². The lowest BCUT2D eigenvalue weighted by Gasteiger charge is -2.34. The van der Waals surface area contributed by atoms with Gasteiger partial charge in [-0.1, -0.05) is 29.8 Å². The van der Waals surface area contributed by atoms with Gasteiger partial charge < -0.3 is 15.0 Å². The fourth-order valence-electron chi connectivity index (χ4n) is 3.86. The molecular weight excluding hydrogens is 442 g/mol. The number of sulfonamides is 1. The van der Waals surface area contributed by atoms with E-state index in [0.717, 1.165) is 11.1 Å². The number of amides is 2. The summed E-state index contributed by atoms with van der Waals surface area (Å²) in [5, 5.41) is 2.73. The van der Waals surface area contributed by atoms with Gasteiger partial charge in [-0.25, -0.2) is 8.42 Å². The molecule has 8 nitrogen and oxygen atoms in total. The molecule has 9 heteroatoms. The Morgan fingerprint density at radius 3 is 2.42 bits per heavy atom. The molecule has 174 valence electrons. The van der Waals surface area contributed by atoms with Crippen LogP contribution in [-0.4, -0.2) is 61.7 Å². The van der Waals surface area contributed by atoms with Crippen LogP contribution in [0, 0.1) is 13.8 Å². The van der Waals surface area contributed by atoms with Crippen LogP contribution in [0.3, 0.4) is 0 Å². The molecule has 2 aliphatic heterocycles. The predicted octanol–water partition coefficient (Wildman–Crippen LogP) is 2.57. The monoisotopic (exact) mass is 469 g/mol. The molecule has 0 bridgehead atoms. The number of carbonyl (C=O) groups is 2. The molecule has 0 aromatic heterocycles. The summed E-state index contributed by atoms with van der Waals surface area (Å²) < 4.78 is 33.6. The Morgan fingerprint density at radius 1 is 1.09 bits per heavy atom. The Balaban J connectivity index is 1.44. The minimum atomic E-state index is -3.78. The third-order valence-electron chi connectivity index (χ3n) is 5.87. The molecule has 1 atom stereocenters. The number of ether oxygens (including phenoxy) is 1. The number of rotatable bonds is 4. The molecule has 2 heterocycles. The van der Waals surface area contributed by atoms with Crippen LogP contribution in [0.25, 0.3) is 6.08 Å². The van der Waals surface area contributed by atoms with E-state index < -0.39 is 16.1 Å². The second kappa shape index (κ2) is 8.99. The number of hydrogen-bond donors (Lipinski definition) is 1. The first kappa shape index (κ1) is 23.0. The minimum absolute atomic E-state index is 0.142. The number of nitrogens with zero attached hydrogens (tertiary/aromatic N) is 2. The van der Waals surface area contributed by atoms with E-state index in [1.165, 1.54) is 16.4 Å². The van der Waals surface area contributed by atoms with Gasteiger partial charge in [0.2, 0.25) is 15.9 Å². The molecule has 0 unspecified atom stereocenters. The van der Waals surface area contributed by atoms with Gasteiger partial charge >= 0.3 is 0 Å². The highest BCUT2D eigenvalue weighted by molar-refractivity contribution is 7.89. The van der Waals surface area contributed by atoms with Gasteiger partial charge in [-0.2, -0.15) is 4.31 Å². The maximum Gasteiger partial charge on any atom is 0.265 e. The second-order valence-electron chi connectivity index (χ2n) is 8.34. The Labute approximate surface area is 193 Å². The first-order chi connectivity index (χ1) is 15.6. The second-order valence-corrected chi connectivity index (χ2v) is 10.2. The third kappa shape index (κ3) is 4.79. The van der Waals surface area contributed by atoms with Crippen LogP contribution < -0.4 is 10.1 Å². The van der Waals surface area contributed by atoms with Gasteiger partial charge in [0.25, 0.3) is 5.91 Å². The Morgan fingerprint density at radius 2 is 1.76 bits per heavy atom. The number of carbonyl (C=O) groups excluding carboxylic acids is 2. The standard InChI is InChI=1S/C24H27N3O5S/c1-16-4-6-19(7-5-16)8-9-23(28)26-10-12-27(13-11-26)33(30,31)22-15-21-20(14-17(22)2)25-24(29)18(3)32-21/h4-9,14-15,18H,10-13H2,1-3H3,(H,25,29)/b9-8+/t18-/m1/s1. The molecule has 1 N–H and O–H groups in total. The predicted molar refractivity (Wildman–Crippen MR) is 125 cm³/mol. The Hall–Kier alpha value is -3.17. The van der Waals surface area contributed by atoms with Gasteiger partial charge in [-0.3, -0.25) is 9.59 Å². The van der Waals surface area contributed by atoms with Crippen LogP contribution in [0.4, 0.5) is 5.69 Å². The summed E-state index contributed by atoms with van der Waals surface area (Å²) in [6.07, 6.45) is 2.59. The highest BCUT2D eigenvalue weighted by atomic mass is 32.2. The molecular formula is C24H27N3O5S. The number of hydrogen-bond acceptors (Lipinski definition) is 5. The first-order valence-corrected chi connectivity index (χ1v) is 12.2. The van der Waals surface area contributed by atoms with Crippen LogP contribution in [-0.2, 0) is 19.6 Å². The number of aryl methyl sites for hydroxylation is 2. The highest BCUT2D eigenvalue weighted by Crippen LogP contribution is 2.35. The Kier molecular flexibility index (Phi) is 6.27. The lowest BCUT2D eigenvalue weighted by molar-refractivity contribution is -0.127. The zero-order chi connectivity index (χ0) is 23.8. The van der Waals surface area contributed by atoms with E-state index >= 15 is 0 Å². The summed E-state index contributed by atoms with van der Waals surface area (Å²) in [6.45, 7) is 6.33. The zero-order valence-electron chi connectivity index (χ0n) is 18.9. The fraction of sp³-hybridized carbons (Fsp3) is 0.333. The number of benzene rings is 2. The van der Waals surface area contributed by atoms with Crippen LogP contribution in [0.15, 0.2) is 47.4 Å². The summed E-state index contributed by atoms with van der Waals surface area (Å²) in [5.74, 6) is -0.0771. The molecule has 2 amide bonds. The van der Waals surface area contributed by atoms with Gasteiger partial charge in [0, 0.05) is 38.3 Å². The molecule has 33 heavy (non-hydrogen) atoms. The molecule has 0 spiro atoms. The molecule has 2 aromatic rings. The molecule has 0 radical (unpaired) electrons. The maximum absolute atomic E-state index is 13.3. The average molecular weight is 470 g/mol. The summed E-state index contributed by atoms with van der Waals surface area (Å²) >= 11 is 0. The molecule has 1 saturated heterocycles. The summed E-state index contributed by atoms with van der Waals surface area (Å²) in [7, 11) is -3.78. The molecule has 1 fully saturated rings. The van der Waals surface area contributed by atoms with Crippen molar-refractivity contribution in [3.63, 3.8) is 0 Å². The quantitative estimate of drug-likeness (QED) is 0.695. The average Bonchev–Trinajstić information content (AvgIpc) is 2.79. The molecule has 2 aromatic carbocycles. The van der Waals surface area contributed by atoms with Crippen molar-refractivity contribution in [2.24, 2.45) is 0 Å². The third-order valence-corrected chi connectivity index (χ3v) is 7.91. The van der Waals surface area contributed by atoms with E-state index in [1.54, 1.807) is 30.9 Å². The van der Waals surface area contributed by atoms with Crippen molar-refractivity contribution >= 4 is 33.6 Å². The normalized spacial score (nSPS) is 19.2. The van der Waals surface area contributed by atoms with E-state index in [-0.39, 0.29) is 29.8 Å². The highest BCUT2D eigenvalue weighted by Gasteiger charge is 2.33. The van der Waals surface area contributed by atoms with Crippen molar-refractivity contribution < 1.29 is 22.7 Å². The van der Waals surface area contributed by atoms with Crippen LogP contribution >= 0.6 is 0 Å². The number of piperazine rings is 1. The van der Waals surface area contributed by atoms with E-state index in [2.05, 4.69) is 5.32 Å². The zero-order valence-corrected chi connectivity index (χ0v) is 19.7. The lowest BCUT2D eigenvalue weighted by Crippen LogP contribution is -2.50. The van der Waals surface area contributed by atoms with Crippen molar-refractivity contribution in [1.29, 1.82) is 0 Å². The van der Waals surface area contributed by atoms with Crippen LogP contribution in [0.1, 0.15) is 23.6 Å². The lowest BCUT2D eigenvalue weighted by atomic mass is 10.1. The molecule has 0 aliphatic carbocycles. The summed E-state index contributed by atoms with van der Waals surface area (Å²) in [4.78, 5) is 26.2. The van der Waals surface area contributed by atoms with Crippen molar-refractivity contribution in [2.45, 2.75) is 31.8 Å². The van der Waals surface area contributed by atoms with Crippen molar-refractivity contribution in [3.05, 3.63) is 59.2 Å². The van der Waals surface area contributed by atoms with Gasteiger partial charge in [0.15, 0.2) is 6.10 Å². The molecule has 2 aliphatic rings.